The summed E-state index contributed by atoms with van der Waals surface area (Å²) in [4.78, 5) is 38.3. The molecule has 8 nitrogen and oxygen atoms in total. The Bertz CT molecular complexity index is 1650. The second-order valence-corrected chi connectivity index (χ2v) is 14.1. The third-order valence-electron chi connectivity index (χ3n) is 9.37. The quantitative estimate of drug-likeness (QED) is 0.142. The molecule has 9 heteroatoms. The molecule has 0 aliphatic carbocycles. The number of ketones is 1. The number of benzene rings is 2. The molecule has 2 aromatic heterocycles. The zero-order valence-corrected chi connectivity index (χ0v) is 28.4. The van der Waals surface area contributed by atoms with E-state index in [-0.39, 0.29) is 30.8 Å². The van der Waals surface area contributed by atoms with Crippen molar-refractivity contribution < 1.29 is 19.1 Å². The number of carbonyl (C=O) groups excluding carboxylic acids is 2. The number of carbonyl (C=O) groups is 2. The third-order valence-corrected chi connectivity index (χ3v) is 10.2. The number of aromatic nitrogens is 2. The van der Waals surface area contributed by atoms with Crippen molar-refractivity contribution in [1.29, 1.82) is 0 Å². The number of rotatable bonds is 13. The monoisotopic (exact) mass is 642 g/mol. The van der Waals surface area contributed by atoms with Crippen LogP contribution in [0.5, 0.6) is 11.5 Å². The number of Topliss-reactive ketones (excluding diaryl/α,β-unsaturated/α-hetero) is 1. The van der Waals surface area contributed by atoms with Crippen LogP contribution in [0.15, 0.2) is 53.9 Å². The molecule has 6 rings (SSSR count). The molecule has 4 aromatic rings. The number of nitrogens with zero attached hydrogens (tertiary/aromatic N) is 4. The van der Waals surface area contributed by atoms with Gasteiger partial charge < -0.3 is 18.9 Å². The number of thiophene rings is 1. The van der Waals surface area contributed by atoms with Crippen LogP contribution in [0.4, 0.5) is 0 Å². The Morgan fingerprint density at radius 1 is 0.957 bits per heavy atom. The molecule has 4 heterocycles. The van der Waals surface area contributed by atoms with Gasteiger partial charge in [0.15, 0.2) is 17.3 Å². The molecule has 0 radical (unpaired) electrons. The molecule has 0 N–H and O–H groups in total. The van der Waals surface area contributed by atoms with E-state index in [1.54, 1.807) is 11.3 Å². The largest absolute Gasteiger partial charge is 0.454 e. The second kappa shape index (κ2) is 14.4. The molecular weight excluding hydrogens is 596 g/mol. The van der Waals surface area contributed by atoms with Crippen LogP contribution in [0.25, 0.3) is 11.0 Å². The number of hydrogen-bond acceptors (Lipinski definition) is 7. The summed E-state index contributed by atoms with van der Waals surface area (Å²) in [6.07, 6.45) is 3.73. The number of ether oxygens (including phenoxy) is 2. The summed E-state index contributed by atoms with van der Waals surface area (Å²) in [7, 11) is 0. The standard InChI is InChI=1S/C37H46N4O4S/c1-5-29(6-2)41-32-11-10-27(20-31(32)38-36(41)22-30-8-7-17-46-30)33(42)21-28(18-25(3)4)37(43)40-15-13-39(14-16-40)23-26-9-12-34-35(19-26)45-24-44-34/h7-12,17,19-20,25,28-29H,5-6,13-16,18,21-24H2,1-4H3/t28-/m1/s1. The van der Waals surface area contributed by atoms with Crippen molar-refractivity contribution >= 4 is 34.1 Å². The molecule has 0 saturated carbocycles. The van der Waals surface area contributed by atoms with Gasteiger partial charge in [0.2, 0.25) is 12.7 Å². The number of hydrogen-bond donors (Lipinski definition) is 0. The normalized spacial score (nSPS) is 15.7. The van der Waals surface area contributed by atoms with E-state index in [1.165, 1.54) is 10.4 Å². The van der Waals surface area contributed by atoms with Crippen LogP contribution in [-0.2, 0) is 17.8 Å². The van der Waals surface area contributed by atoms with E-state index >= 15 is 0 Å². The highest BCUT2D eigenvalue weighted by Crippen LogP contribution is 2.33. The number of amides is 1. The SMILES string of the molecule is CCC(CC)n1c(Cc2cccs2)nc2cc(C(=O)C[C@@H](CC(C)C)C(=O)N3CCN(Cc4ccc5c(c4)OCO5)CC3)ccc21. The van der Waals surface area contributed by atoms with Gasteiger partial charge in [0.05, 0.1) is 11.0 Å². The molecule has 0 unspecified atom stereocenters. The molecule has 1 amide bonds. The summed E-state index contributed by atoms with van der Waals surface area (Å²) >= 11 is 1.75. The summed E-state index contributed by atoms with van der Waals surface area (Å²) in [6.45, 7) is 12.7. The smallest absolute Gasteiger partial charge is 0.231 e. The maximum atomic E-state index is 13.9. The van der Waals surface area contributed by atoms with Crippen molar-refractivity contribution in [2.24, 2.45) is 11.8 Å². The fraction of sp³-hybridized carbons (Fsp3) is 0.486. The minimum Gasteiger partial charge on any atom is -0.454 e. The average Bonchev–Trinajstić information content (AvgIpc) is 3.82. The Balaban J connectivity index is 1.13. The molecule has 1 saturated heterocycles. The highest BCUT2D eigenvalue weighted by molar-refractivity contribution is 7.09. The van der Waals surface area contributed by atoms with Gasteiger partial charge in [-0.2, -0.15) is 0 Å². The maximum absolute atomic E-state index is 13.9. The fourth-order valence-electron chi connectivity index (χ4n) is 6.94. The van der Waals surface area contributed by atoms with Gasteiger partial charge in [0.25, 0.3) is 0 Å². The number of piperazine rings is 1. The molecule has 2 aliphatic heterocycles. The van der Waals surface area contributed by atoms with Gasteiger partial charge in [0.1, 0.15) is 5.82 Å². The zero-order valence-electron chi connectivity index (χ0n) is 27.5. The molecule has 1 fully saturated rings. The summed E-state index contributed by atoms with van der Waals surface area (Å²) < 4.78 is 13.4. The summed E-state index contributed by atoms with van der Waals surface area (Å²) in [5.41, 5.74) is 3.74. The van der Waals surface area contributed by atoms with E-state index in [9.17, 15) is 9.59 Å². The average molecular weight is 643 g/mol. The predicted octanol–water partition coefficient (Wildman–Crippen LogP) is 7.36. The van der Waals surface area contributed by atoms with Gasteiger partial charge in [-0.1, -0.05) is 39.8 Å². The van der Waals surface area contributed by atoms with Gasteiger partial charge in [0, 0.05) is 68.0 Å². The lowest BCUT2D eigenvalue weighted by atomic mass is 9.89. The Morgan fingerprint density at radius 2 is 1.74 bits per heavy atom. The second-order valence-electron chi connectivity index (χ2n) is 13.1. The van der Waals surface area contributed by atoms with E-state index in [0.717, 1.165) is 67.3 Å². The first-order valence-corrected chi connectivity index (χ1v) is 17.7. The van der Waals surface area contributed by atoms with Gasteiger partial charge in [-0.3, -0.25) is 14.5 Å². The first-order chi connectivity index (χ1) is 22.3. The van der Waals surface area contributed by atoms with Crippen molar-refractivity contribution in [3.63, 3.8) is 0 Å². The van der Waals surface area contributed by atoms with Gasteiger partial charge >= 0.3 is 0 Å². The van der Waals surface area contributed by atoms with E-state index < -0.39 is 0 Å². The summed E-state index contributed by atoms with van der Waals surface area (Å²) in [5.74, 6) is 2.72. The minimum atomic E-state index is -0.333. The first kappa shape index (κ1) is 32.3. The fourth-order valence-corrected chi connectivity index (χ4v) is 7.64. The highest BCUT2D eigenvalue weighted by Gasteiger charge is 2.30. The molecule has 1 atom stereocenters. The lowest BCUT2D eigenvalue weighted by molar-refractivity contribution is -0.137. The van der Waals surface area contributed by atoms with Crippen LogP contribution in [0, 0.1) is 11.8 Å². The molecule has 0 spiro atoms. The van der Waals surface area contributed by atoms with Crippen LogP contribution >= 0.6 is 11.3 Å². The maximum Gasteiger partial charge on any atom is 0.231 e. The van der Waals surface area contributed by atoms with Gasteiger partial charge in [-0.15, -0.1) is 11.3 Å². The van der Waals surface area contributed by atoms with Crippen molar-refractivity contribution in [3.05, 3.63) is 75.7 Å². The van der Waals surface area contributed by atoms with Crippen molar-refractivity contribution in [2.45, 2.75) is 72.4 Å². The Hall–Kier alpha value is -3.69. The first-order valence-electron chi connectivity index (χ1n) is 16.8. The highest BCUT2D eigenvalue weighted by atomic mass is 32.1. The van der Waals surface area contributed by atoms with E-state index in [0.29, 0.717) is 37.0 Å². The van der Waals surface area contributed by atoms with E-state index in [4.69, 9.17) is 14.5 Å². The van der Waals surface area contributed by atoms with Crippen LogP contribution in [0.2, 0.25) is 0 Å². The van der Waals surface area contributed by atoms with Crippen LogP contribution in [-0.4, -0.2) is 64.0 Å². The Morgan fingerprint density at radius 3 is 2.46 bits per heavy atom. The van der Waals surface area contributed by atoms with Gasteiger partial charge in [-0.25, -0.2) is 4.98 Å². The predicted molar refractivity (Wildman–Crippen MR) is 183 cm³/mol. The summed E-state index contributed by atoms with van der Waals surface area (Å²) in [6, 6.07) is 16.6. The molecule has 46 heavy (non-hydrogen) atoms. The van der Waals surface area contributed by atoms with Crippen LogP contribution in [0.1, 0.15) is 86.0 Å². The summed E-state index contributed by atoms with van der Waals surface area (Å²) in [5, 5.41) is 2.10. The van der Waals surface area contributed by atoms with Crippen LogP contribution < -0.4 is 9.47 Å². The zero-order chi connectivity index (χ0) is 32.2. The lowest BCUT2D eigenvalue weighted by Crippen LogP contribution is -2.50. The number of imidazole rings is 1. The van der Waals surface area contributed by atoms with Crippen molar-refractivity contribution in [1.82, 2.24) is 19.4 Å². The molecular formula is C37H46N4O4S. The van der Waals surface area contributed by atoms with E-state index in [2.05, 4.69) is 66.8 Å². The van der Waals surface area contributed by atoms with E-state index in [1.807, 2.05) is 29.2 Å². The molecule has 2 aromatic carbocycles. The Labute approximate surface area is 276 Å². The topological polar surface area (TPSA) is 76.9 Å². The molecule has 244 valence electrons. The lowest BCUT2D eigenvalue weighted by Gasteiger charge is -2.36. The van der Waals surface area contributed by atoms with Gasteiger partial charge in [-0.05, 0) is 72.5 Å². The number of fused-ring (bicyclic) bond motifs is 2. The molecule has 0 bridgehead atoms. The Kier molecular flexibility index (Phi) is 10.1. The minimum absolute atomic E-state index is 0.0132. The van der Waals surface area contributed by atoms with Crippen molar-refractivity contribution in [3.8, 4) is 11.5 Å². The van der Waals surface area contributed by atoms with Crippen molar-refractivity contribution in [2.75, 3.05) is 33.0 Å². The third kappa shape index (κ3) is 7.15. The van der Waals surface area contributed by atoms with Crippen LogP contribution in [0.3, 0.4) is 0 Å². The molecule has 2 aliphatic rings.